The van der Waals surface area contributed by atoms with Crippen molar-refractivity contribution in [2.45, 2.75) is 6.92 Å². The third kappa shape index (κ3) is 2.85. The zero-order valence-electron chi connectivity index (χ0n) is 10.6. The highest BCUT2D eigenvalue weighted by Gasteiger charge is 2.14. The maximum Gasteiger partial charge on any atom is 0.272 e. The van der Waals surface area contributed by atoms with E-state index >= 15 is 0 Å². The lowest BCUT2D eigenvalue weighted by atomic mass is 10.2. The van der Waals surface area contributed by atoms with Crippen molar-refractivity contribution in [1.82, 2.24) is 15.5 Å². The Morgan fingerprint density at radius 1 is 1.50 bits per heavy atom. The Balaban J connectivity index is 2.05. The highest BCUT2D eigenvalue weighted by molar-refractivity contribution is 7.98. The van der Waals surface area contributed by atoms with Crippen molar-refractivity contribution >= 4 is 28.6 Å². The maximum atomic E-state index is 12.0. The average Bonchev–Trinajstić information content (AvgIpc) is 2.80. The first-order valence-corrected chi connectivity index (χ1v) is 7.32. The van der Waals surface area contributed by atoms with Gasteiger partial charge in [0, 0.05) is 11.9 Å². The molecule has 0 fully saturated rings. The van der Waals surface area contributed by atoms with Crippen LogP contribution in [-0.4, -0.2) is 34.7 Å². The van der Waals surface area contributed by atoms with Crippen molar-refractivity contribution in [2.24, 2.45) is 5.92 Å². The quantitative estimate of drug-likeness (QED) is 0.870. The number of carbonyl (C=O) groups is 1. The number of hydrogen-bond donors (Lipinski definition) is 2. The number of rotatable bonds is 5. The monoisotopic (exact) mass is 263 g/mol. The molecule has 1 amide bonds. The van der Waals surface area contributed by atoms with E-state index < -0.39 is 0 Å². The van der Waals surface area contributed by atoms with Crippen LogP contribution in [0.1, 0.15) is 17.4 Å². The van der Waals surface area contributed by atoms with E-state index in [0.717, 1.165) is 16.7 Å². The molecule has 0 spiro atoms. The molecule has 96 valence electrons. The Morgan fingerprint density at radius 2 is 2.28 bits per heavy atom. The molecule has 2 aromatic rings. The van der Waals surface area contributed by atoms with Crippen LogP contribution < -0.4 is 5.32 Å². The van der Waals surface area contributed by atoms with Gasteiger partial charge in [0.1, 0.15) is 0 Å². The largest absolute Gasteiger partial charge is 0.350 e. The van der Waals surface area contributed by atoms with Crippen molar-refractivity contribution in [3.8, 4) is 0 Å². The standard InChI is InChI=1S/C13H17N3OS/c1-9(8-18-2)7-14-13(17)12-10-5-3-4-6-11(10)15-16-12/h3-6,9H,7-8H2,1-2H3,(H,14,17)(H,15,16). The zero-order valence-corrected chi connectivity index (χ0v) is 11.4. The molecule has 18 heavy (non-hydrogen) atoms. The number of benzene rings is 1. The first kappa shape index (κ1) is 13.0. The van der Waals surface area contributed by atoms with Gasteiger partial charge in [0.2, 0.25) is 0 Å². The van der Waals surface area contributed by atoms with E-state index in [-0.39, 0.29) is 5.91 Å². The number of H-pyrrole nitrogens is 1. The lowest BCUT2D eigenvalue weighted by Gasteiger charge is -2.10. The molecule has 5 heteroatoms. The normalized spacial score (nSPS) is 12.6. The van der Waals surface area contributed by atoms with Crippen molar-refractivity contribution < 1.29 is 4.79 Å². The number of carbonyl (C=O) groups excluding carboxylic acids is 1. The Kier molecular flexibility index (Phi) is 4.25. The molecule has 0 aliphatic carbocycles. The summed E-state index contributed by atoms with van der Waals surface area (Å²) in [5, 5.41) is 10.7. The number of hydrogen-bond acceptors (Lipinski definition) is 3. The highest BCUT2D eigenvalue weighted by atomic mass is 32.2. The Hall–Kier alpha value is -1.49. The molecule has 0 radical (unpaired) electrons. The molecule has 1 atom stereocenters. The van der Waals surface area contributed by atoms with Gasteiger partial charge in [0.15, 0.2) is 5.69 Å². The number of aromatic amines is 1. The fourth-order valence-corrected chi connectivity index (χ4v) is 2.52. The summed E-state index contributed by atoms with van der Waals surface area (Å²) in [4.78, 5) is 12.0. The molecule has 0 bridgehead atoms. The maximum absolute atomic E-state index is 12.0. The predicted octanol–water partition coefficient (Wildman–Crippen LogP) is 2.29. The van der Waals surface area contributed by atoms with Gasteiger partial charge in [-0.15, -0.1) is 0 Å². The van der Waals surface area contributed by atoms with Crippen LogP contribution in [0, 0.1) is 5.92 Å². The Bertz CT molecular complexity index is 538. The van der Waals surface area contributed by atoms with Gasteiger partial charge in [-0.2, -0.15) is 16.9 Å². The SMILES string of the molecule is CSCC(C)CNC(=O)c1n[nH]c2ccccc12. The minimum Gasteiger partial charge on any atom is -0.350 e. The summed E-state index contributed by atoms with van der Waals surface area (Å²) in [6.07, 6.45) is 2.07. The minimum absolute atomic E-state index is 0.111. The second-order valence-electron chi connectivity index (χ2n) is 4.39. The molecule has 1 aromatic carbocycles. The van der Waals surface area contributed by atoms with E-state index in [0.29, 0.717) is 18.2 Å². The minimum atomic E-state index is -0.111. The summed E-state index contributed by atoms with van der Waals surface area (Å²) in [5.41, 5.74) is 1.36. The van der Waals surface area contributed by atoms with Gasteiger partial charge in [0.05, 0.1) is 5.52 Å². The summed E-state index contributed by atoms with van der Waals surface area (Å²) < 4.78 is 0. The van der Waals surface area contributed by atoms with Crippen LogP contribution in [0.4, 0.5) is 0 Å². The second-order valence-corrected chi connectivity index (χ2v) is 5.30. The van der Waals surface area contributed by atoms with Crippen LogP contribution >= 0.6 is 11.8 Å². The van der Waals surface area contributed by atoms with E-state index in [2.05, 4.69) is 28.7 Å². The summed E-state index contributed by atoms with van der Waals surface area (Å²) >= 11 is 1.79. The average molecular weight is 263 g/mol. The topological polar surface area (TPSA) is 57.8 Å². The summed E-state index contributed by atoms with van der Waals surface area (Å²) in [5.74, 6) is 1.40. The van der Waals surface area contributed by atoms with Gasteiger partial charge in [0.25, 0.3) is 5.91 Å². The van der Waals surface area contributed by atoms with Crippen LogP contribution in [0.15, 0.2) is 24.3 Å². The van der Waals surface area contributed by atoms with E-state index in [1.807, 2.05) is 24.3 Å². The fourth-order valence-electron chi connectivity index (χ4n) is 1.83. The van der Waals surface area contributed by atoms with Crippen LogP contribution in [0.25, 0.3) is 10.9 Å². The van der Waals surface area contributed by atoms with Gasteiger partial charge >= 0.3 is 0 Å². The third-order valence-corrected chi connectivity index (χ3v) is 3.65. The number of para-hydroxylation sites is 1. The number of nitrogens with zero attached hydrogens (tertiary/aromatic N) is 1. The van der Waals surface area contributed by atoms with E-state index in [1.165, 1.54) is 0 Å². The van der Waals surface area contributed by atoms with Crippen LogP contribution in [0.2, 0.25) is 0 Å². The predicted molar refractivity (Wildman–Crippen MR) is 76.0 cm³/mol. The van der Waals surface area contributed by atoms with Crippen molar-refractivity contribution in [2.75, 3.05) is 18.6 Å². The van der Waals surface area contributed by atoms with Crippen molar-refractivity contribution in [3.63, 3.8) is 0 Å². The van der Waals surface area contributed by atoms with Crippen LogP contribution in [0.5, 0.6) is 0 Å². The molecular formula is C13H17N3OS. The second kappa shape index (κ2) is 5.91. The molecule has 2 N–H and O–H groups in total. The van der Waals surface area contributed by atoms with Crippen LogP contribution in [-0.2, 0) is 0 Å². The zero-order chi connectivity index (χ0) is 13.0. The lowest BCUT2D eigenvalue weighted by Crippen LogP contribution is -2.29. The number of nitrogens with one attached hydrogen (secondary N) is 2. The molecule has 1 unspecified atom stereocenters. The van der Waals surface area contributed by atoms with E-state index in [1.54, 1.807) is 11.8 Å². The molecule has 0 aliphatic rings. The number of aromatic nitrogens is 2. The molecule has 2 rings (SSSR count). The number of thioether (sulfide) groups is 1. The first-order chi connectivity index (χ1) is 8.72. The number of fused-ring (bicyclic) bond motifs is 1. The molecular weight excluding hydrogens is 246 g/mol. The number of amides is 1. The molecule has 0 saturated heterocycles. The van der Waals surface area contributed by atoms with Crippen LogP contribution in [0.3, 0.4) is 0 Å². The van der Waals surface area contributed by atoms with Gasteiger partial charge in [-0.05, 0) is 24.0 Å². The fraction of sp³-hybridized carbons (Fsp3) is 0.385. The van der Waals surface area contributed by atoms with Gasteiger partial charge in [-0.3, -0.25) is 9.89 Å². The first-order valence-electron chi connectivity index (χ1n) is 5.92. The molecule has 4 nitrogen and oxygen atoms in total. The summed E-state index contributed by atoms with van der Waals surface area (Å²) in [6.45, 7) is 2.81. The molecule has 0 aliphatic heterocycles. The smallest absolute Gasteiger partial charge is 0.272 e. The van der Waals surface area contributed by atoms with Crippen molar-refractivity contribution in [3.05, 3.63) is 30.0 Å². The Labute approximate surface area is 111 Å². The molecule has 0 saturated carbocycles. The molecule has 1 heterocycles. The third-order valence-electron chi connectivity index (χ3n) is 2.75. The summed E-state index contributed by atoms with van der Waals surface area (Å²) in [6, 6.07) is 7.64. The van der Waals surface area contributed by atoms with Gasteiger partial charge in [-0.1, -0.05) is 25.1 Å². The summed E-state index contributed by atoms with van der Waals surface area (Å²) in [7, 11) is 0. The van der Waals surface area contributed by atoms with E-state index in [4.69, 9.17) is 0 Å². The van der Waals surface area contributed by atoms with E-state index in [9.17, 15) is 4.79 Å². The van der Waals surface area contributed by atoms with Gasteiger partial charge in [-0.25, -0.2) is 0 Å². The molecule has 1 aromatic heterocycles. The lowest BCUT2D eigenvalue weighted by molar-refractivity contribution is 0.0946. The van der Waals surface area contributed by atoms with Crippen molar-refractivity contribution in [1.29, 1.82) is 0 Å². The van der Waals surface area contributed by atoms with Gasteiger partial charge < -0.3 is 5.32 Å². The highest BCUT2D eigenvalue weighted by Crippen LogP contribution is 2.14. The Morgan fingerprint density at radius 3 is 3.06 bits per heavy atom.